The smallest absolute Gasteiger partial charge is 0.230 e. The number of nitrogens with one attached hydrogen (secondary N) is 1. The normalized spacial score (nSPS) is 14.1. The van der Waals surface area contributed by atoms with Crippen LogP contribution in [0.15, 0.2) is 12.1 Å². The standard InChI is InChI=1S/C23H39NO2/c1-8-10-12-13-23(7,21(26)24-14-11-9-2)18-15-17(3)20(25)19(16-18)22(4,5)6/h15-16,25H,8-14H2,1-7H3,(H,24,26). The van der Waals surface area contributed by atoms with Crippen molar-refractivity contribution in [2.24, 2.45) is 0 Å². The number of aryl methyl sites for hydroxylation is 1. The highest BCUT2D eigenvalue weighted by Crippen LogP contribution is 2.39. The third-order valence-corrected chi connectivity index (χ3v) is 5.34. The summed E-state index contributed by atoms with van der Waals surface area (Å²) in [5.41, 5.74) is 2.03. The van der Waals surface area contributed by atoms with E-state index in [9.17, 15) is 9.90 Å². The highest BCUT2D eigenvalue weighted by molar-refractivity contribution is 5.88. The van der Waals surface area contributed by atoms with Crippen LogP contribution < -0.4 is 5.32 Å². The molecule has 0 saturated heterocycles. The fourth-order valence-corrected chi connectivity index (χ4v) is 3.36. The summed E-state index contributed by atoms with van der Waals surface area (Å²) in [5.74, 6) is 0.454. The van der Waals surface area contributed by atoms with Gasteiger partial charge in [0.1, 0.15) is 5.75 Å². The molecule has 26 heavy (non-hydrogen) atoms. The maximum atomic E-state index is 13.1. The summed E-state index contributed by atoms with van der Waals surface area (Å²) in [6.07, 6.45) is 6.18. The number of hydrogen-bond acceptors (Lipinski definition) is 2. The quantitative estimate of drug-likeness (QED) is 0.550. The Morgan fingerprint density at radius 3 is 2.19 bits per heavy atom. The molecule has 0 aromatic heterocycles. The van der Waals surface area contributed by atoms with Gasteiger partial charge in [-0.15, -0.1) is 0 Å². The minimum atomic E-state index is -0.568. The van der Waals surface area contributed by atoms with E-state index in [-0.39, 0.29) is 11.3 Å². The molecule has 0 fully saturated rings. The Morgan fingerprint density at radius 2 is 1.65 bits per heavy atom. The summed E-state index contributed by atoms with van der Waals surface area (Å²) in [6.45, 7) is 15.3. The van der Waals surface area contributed by atoms with Crippen molar-refractivity contribution in [2.75, 3.05) is 6.54 Å². The van der Waals surface area contributed by atoms with Gasteiger partial charge in [0.2, 0.25) is 5.91 Å². The first-order valence-corrected chi connectivity index (χ1v) is 10.2. The van der Waals surface area contributed by atoms with Gasteiger partial charge in [-0.1, -0.05) is 72.4 Å². The minimum Gasteiger partial charge on any atom is -0.507 e. The van der Waals surface area contributed by atoms with Crippen LogP contribution >= 0.6 is 0 Å². The molecule has 2 N–H and O–H groups in total. The van der Waals surface area contributed by atoms with E-state index in [1.807, 2.05) is 19.1 Å². The van der Waals surface area contributed by atoms with E-state index < -0.39 is 5.41 Å². The molecule has 1 aromatic carbocycles. The van der Waals surface area contributed by atoms with Gasteiger partial charge >= 0.3 is 0 Å². The Kier molecular flexibility index (Phi) is 8.17. The molecule has 148 valence electrons. The lowest BCUT2D eigenvalue weighted by atomic mass is 9.74. The van der Waals surface area contributed by atoms with Crippen molar-refractivity contribution in [3.63, 3.8) is 0 Å². The lowest BCUT2D eigenvalue weighted by Crippen LogP contribution is -2.43. The van der Waals surface area contributed by atoms with Crippen molar-refractivity contribution in [3.05, 3.63) is 28.8 Å². The van der Waals surface area contributed by atoms with Gasteiger partial charge in [0.05, 0.1) is 5.41 Å². The molecule has 1 unspecified atom stereocenters. The van der Waals surface area contributed by atoms with E-state index in [2.05, 4.69) is 46.9 Å². The molecule has 0 bridgehead atoms. The van der Waals surface area contributed by atoms with E-state index in [4.69, 9.17) is 0 Å². The first kappa shape index (κ1) is 22.5. The largest absolute Gasteiger partial charge is 0.507 e. The van der Waals surface area contributed by atoms with Crippen molar-refractivity contribution >= 4 is 5.91 Å². The Bertz CT molecular complexity index is 601. The average Bonchev–Trinajstić information content (AvgIpc) is 2.56. The minimum absolute atomic E-state index is 0.104. The Balaban J connectivity index is 3.33. The van der Waals surface area contributed by atoms with Crippen LogP contribution in [0.1, 0.15) is 96.8 Å². The first-order valence-electron chi connectivity index (χ1n) is 10.2. The van der Waals surface area contributed by atoms with E-state index in [0.29, 0.717) is 5.75 Å². The monoisotopic (exact) mass is 361 g/mol. The van der Waals surface area contributed by atoms with Gasteiger partial charge in [0.15, 0.2) is 0 Å². The SMILES string of the molecule is CCCCCC(C)(C(=O)NCCCC)c1cc(C)c(O)c(C(C)(C)C)c1. The number of benzene rings is 1. The van der Waals surface area contributed by atoms with Crippen molar-refractivity contribution in [1.29, 1.82) is 0 Å². The zero-order chi connectivity index (χ0) is 20.0. The number of rotatable bonds is 9. The van der Waals surface area contributed by atoms with Gasteiger partial charge in [0.25, 0.3) is 0 Å². The Labute approximate surface area is 160 Å². The summed E-state index contributed by atoms with van der Waals surface area (Å²) in [6, 6.07) is 4.05. The predicted octanol–water partition coefficient (Wildman–Crippen LogP) is 5.75. The molecule has 0 aliphatic carbocycles. The van der Waals surface area contributed by atoms with Crippen LogP contribution in [0, 0.1) is 6.92 Å². The Morgan fingerprint density at radius 1 is 1.04 bits per heavy atom. The number of unbranched alkanes of at least 4 members (excludes halogenated alkanes) is 3. The van der Waals surface area contributed by atoms with Crippen LogP contribution in [-0.4, -0.2) is 17.6 Å². The highest BCUT2D eigenvalue weighted by Gasteiger charge is 2.36. The molecule has 1 atom stereocenters. The topological polar surface area (TPSA) is 49.3 Å². The Hall–Kier alpha value is -1.51. The number of carbonyl (C=O) groups excluding carboxylic acids is 1. The fraction of sp³-hybridized carbons (Fsp3) is 0.696. The van der Waals surface area contributed by atoms with E-state index in [1.165, 1.54) is 0 Å². The average molecular weight is 362 g/mol. The molecule has 0 radical (unpaired) electrons. The van der Waals surface area contributed by atoms with Gasteiger partial charge in [-0.3, -0.25) is 4.79 Å². The molecule has 1 aromatic rings. The summed E-state index contributed by atoms with van der Waals surface area (Å²) in [7, 11) is 0. The number of amides is 1. The number of phenols is 1. The van der Waals surface area contributed by atoms with Crippen molar-refractivity contribution in [1.82, 2.24) is 5.32 Å². The number of hydrogen-bond donors (Lipinski definition) is 2. The zero-order valence-electron chi connectivity index (χ0n) is 18.0. The van der Waals surface area contributed by atoms with Crippen LogP contribution in [0.25, 0.3) is 0 Å². The molecule has 0 saturated carbocycles. The number of aromatic hydroxyl groups is 1. The number of phenolic OH excluding ortho intramolecular Hbond substituents is 1. The van der Waals surface area contributed by atoms with E-state index >= 15 is 0 Å². The van der Waals surface area contributed by atoms with Crippen LogP contribution in [0.4, 0.5) is 0 Å². The maximum Gasteiger partial charge on any atom is 0.230 e. The molecule has 3 nitrogen and oxygen atoms in total. The van der Waals surface area contributed by atoms with Gasteiger partial charge in [-0.2, -0.15) is 0 Å². The van der Waals surface area contributed by atoms with Gasteiger partial charge < -0.3 is 10.4 Å². The molecule has 3 heteroatoms. The zero-order valence-corrected chi connectivity index (χ0v) is 18.0. The lowest BCUT2D eigenvalue weighted by Gasteiger charge is -2.32. The lowest BCUT2D eigenvalue weighted by molar-refractivity contribution is -0.126. The van der Waals surface area contributed by atoms with E-state index in [1.54, 1.807) is 0 Å². The van der Waals surface area contributed by atoms with Gasteiger partial charge in [0, 0.05) is 6.54 Å². The molecule has 0 heterocycles. The highest BCUT2D eigenvalue weighted by atomic mass is 16.3. The summed E-state index contributed by atoms with van der Waals surface area (Å²) < 4.78 is 0. The van der Waals surface area contributed by atoms with Crippen molar-refractivity contribution < 1.29 is 9.90 Å². The molecular formula is C23H39NO2. The van der Waals surface area contributed by atoms with Gasteiger partial charge in [-0.25, -0.2) is 0 Å². The second-order valence-corrected chi connectivity index (χ2v) is 8.84. The molecular weight excluding hydrogens is 322 g/mol. The van der Waals surface area contributed by atoms with Crippen molar-refractivity contribution in [2.45, 2.75) is 97.8 Å². The summed E-state index contributed by atoms with van der Waals surface area (Å²) in [4.78, 5) is 13.1. The second-order valence-electron chi connectivity index (χ2n) is 8.84. The van der Waals surface area contributed by atoms with Crippen LogP contribution in [0.3, 0.4) is 0 Å². The summed E-state index contributed by atoms with van der Waals surface area (Å²) >= 11 is 0. The maximum absolute atomic E-state index is 13.1. The molecule has 0 spiro atoms. The van der Waals surface area contributed by atoms with Crippen LogP contribution in [0.5, 0.6) is 5.75 Å². The number of carbonyl (C=O) groups is 1. The molecule has 1 rings (SSSR count). The predicted molar refractivity (Wildman–Crippen MR) is 111 cm³/mol. The first-order chi connectivity index (χ1) is 12.1. The second kappa shape index (κ2) is 9.43. The third-order valence-electron chi connectivity index (χ3n) is 5.34. The van der Waals surface area contributed by atoms with E-state index in [0.717, 1.165) is 61.8 Å². The molecule has 0 aliphatic heterocycles. The van der Waals surface area contributed by atoms with Crippen molar-refractivity contribution in [3.8, 4) is 5.75 Å². The molecule has 0 aliphatic rings. The van der Waals surface area contributed by atoms with Gasteiger partial charge in [-0.05, 0) is 48.8 Å². The summed E-state index contributed by atoms with van der Waals surface area (Å²) in [5, 5.41) is 13.7. The van der Waals surface area contributed by atoms with Crippen LogP contribution in [-0.2, 0) is 15.6 Å². The molecule has 1 amide bonds. The fourth-order valence-electron chi connectivity index (χ4n) is 3.36. The third kappa shape index (κ3) is 5.49. The van der Waals surface area contributed by atoms with Crippen LogP contribution in [0.2, 0.25) is 0 Å².